The number of carbonyl (C=O) groups excluding carboxylic acids is 3. The van der Waals surface area contributed by atoms with Crippen molar-refractivity contribution in [3.8, 4) is 0 Å². The molecule has 1 aromatic heterocycles. The average molecular weight is 373 g/mol. The van der Waals surface area contributed by atoms with Crippen molar-refractivity contribution in [2.45, 2.75) is 57.7 Å². The van der Waals surface area contributed by atoms with Gasteiger partial charge in [0, 0.05) is 23.2 Å². The maximum absolute atomic E-state index is 12.5. The Balaban J connectivity index is 2.07. The second-order valence-corrected chi connectivity index (χ2v) is 7.89. The first-order chi connectivity index (χ1) is 11.1. The van der Waals surface area contributed by atoms with E-state index in [0.29, 0.717) is 18.0 Å². The lowest BCUT2D eigenvalue weighted by molar-refractivity contribution is -0.155. The van der Waals surface area contributed by atoms with Gasteiger partial charge in [0.2, 0.25) is 5.91 Å². The molecule has 0 saturated carbocycles. The Bertz CT molecular complexity index is 666. The summed E-state index contributed by atoms with van der Waals surface area (Å²) >= 11 is 7.31. The number of nitrogens with two attached hydrogens (primary N) is 1. The van der Waals surface area contributed by atoms with Crippen LogP contribution in [-0.4, -0.2) is 34.3 Å². The van der Waals surface area contributed by atoms with Crippen LogP contribution in [0.15, 0.2) is 5.38 Å². The molecular weight excluding hydrogens is 352 g/mol. The first-order valence-corrected chi connectivity index (χ1v) is 9.02. The van der Waals surface area contributed by atoms with Crippen LogP contribution in [0.25, 0.3) is 0 Å². The molecule has 6 nitrogen and oxygen atoms in total. The minimum atomic E-state index is -0.842. The number of halogens is 1. The van der Waals surface area contributed by atoms with E-state index in [9.17, 15) is 14.4 Å². The molecule has 1 aromatic rings. The van der Waals surface area contributed by atoms with Crippen LogP contribution in [0.3, 0.4) is 0 Å². The fourth-order valence-electron chi connectivity index (χ4n) is 2.63. The van der Waals surface area contributed by atoms with Gasteiger partial charge in [0.25, 0.3) is 5.91 Å². The van der Waals surface area contributed by atoms with Gasteiger partial charge < -0.3 is 15.4 Å². The van der Waals surface area contributed by atoms with Crippen LogP contribution >= 0.6 is 22.9 Å². The molecule has 0 bridgehead atoms. The highest BCUT2D eigenvalue weighted by Gasteiger charge is 2.37. The van der Waals surface area contributed by atoms with Crippen molar-refractivity contribution < 1.29 is 19.1 Å². The van der Waals surface area contributed by atoms with Gasteiger partial charge in [-0.25, -0.2) is 0 Å². The van der Waals surface area contributed by atoms with Gasteiger partial charge in [-0.1, -0.05) is 0 Å². The standard InChI is InChI=1S/C16H21ClN2O4S/c1-16(2,3)23-13(20)5-4-11(14(18)21)19-7-9-10(15(19)22)8-24-12(9)6-17/h8,11H,4-7H2,1-3H3,(H2,18,21)/t11-/m0/s1. The van der Waals surface area contributed by atoms with Gasteiger partial charge in [-0.15, -0.1) is 22.9 Å². The highest BCUT2D eigenvalue weighted by Crippen LogP contribution is 2.34. The molecule has 0 radical (unpaired) electrons. The molecular formula is C16H21ClN2O4S. The summed E-state index contributed by atoms with van der Waals surface area (Å²) in [5.41, 5.74) is 6.28. The summed E-state index contributed by atoms with van der Waals surface area (Å²) in [6.07, 6.45) is 0.157. The summed E-state index contributed by atoms with van der Waals surface area (Å²) in [6.45, 7) is 5.60. The number of alkyl halides is 1. The summed E-state index contributed by atoms with van der Waals surface area (Å²) in [5, 5.41) is 1.75. The van der Waals surface area contributed by atoms with E-state index in [2.05, 4.69) is 0 Å². The Morgan fingerprint density at radius 2 is 2.12 bits per heavy atom. The molecule has 2 amide bonds. The van der Waals surface area contributed by atoms with Crippen molar-refractivity contribution in [1.82, 2.24) is 4.90 Å². The lowest BCUT2D eigenvalue weighted by atomic mass is 10.1. The van der Waals surface area contributed by atoms with Gasteiger partial charge >= 0.3 is 5.97 Å². The molecule has 0 aromatic carbocycles. The molecule has 1 aliphatic heterocycles. The monoisotopic (exact) mass is 372 g/mol. The van der Waals surface area contributed by atoms with Crippen molar-refractivity contribution in [1.29, 1.82) is 0 Å². The van der Waals surface area contributed by atoms with Crippen molar-refractivity contribution in [3.63, 3.8) is 0 Å². The van der Waals surface area contributed by atoms with Crippen LogP contribution in [0.2, 0.25) is 0 Å². The highest BCUT2D eigenvalue weighted by molar-refractivity contribution is 7.10. The molecule has 2 rings (SSSR count). The molecule has 0 unspecified atom stereocenters. The first kappa shape index (κ1) is 18.7. The summed E-state index contributed by atoms with van der Waals surface area (Å²) < 4.78 is 5.23. The van der Waals surface area contributed by atoms with Crippen LogP contribution in [0.4, 0.5) is 0 Å². The molecule has 0 aliphatic carbocycles. The molecule has 2 heterocycles. The number of carbonyl (C=O) groups is 3. The molecule has 0 saturated heterocycles. The maximum Gasteiger partial charge on any atom is 0.306 e. The topological polar surface area (TPSA) is 89.7 Å². The van der Waals surface area contributed by atoms with Crippen LogP contribution < -0.4 is 5.73 Å². The minimum Gasteiger partial charge on any atom is -0.460 e. The van der Waals surface area contributed by atoms with Crippen LogP contribution in [0.5, 0.6) is 0 Å². The van der Waals surface area contributed by atoms with E-state index >= 15 is 0 Å². The fourth-order valence-corrected chi connectivity index (χ4v) is 3.87. The van der Waals surface area contributed by atoms with Gasteiger partial charge in [0.1, 0.15) is 11.6 Å². The SMILES string of the molecule is CC(C)(C)OC(=O)CC[C@@H](C(N)=O)N1Cc2c(csc2CCl)C1=O. The van der Waals surface area contributed by atoms with E-state index in [1.165, 1.54) is 16.2 Å². The van der Waals surface area contributed by atoms with Crippen molar-refractivity contribution in [2.75, 3.05) is 0 Å². The zero-order chi connectivity index (χ0) is 18.1. The molecule has 132 valence electrons. The summed E-state index contributed by atoms with van der Waals surface area (Å²) in [6, 6.07) is -0.842. The van der Waals surface area contributed by atoms with Gasteiger partial charge in [-0.05, 0) is 32.8 Å². The third kappa shape index (κ3) is 4.08. The Morgan fingerprint density at radius 1 is 1.46 bits per heavy atom. The Labute approximate surface area is 149 Å². The summed E-state index contributed by atoms with van der Waals surface area (Å²) in [7, 11) is 0. The zero-order valence-electron chi connectivity index (χ0n) is 13.9. The highest BCUT2D eigenvalue weighted by atomic mass is 35.5. The molecule has 1 atom stereocenters. The lowest BCUT2D eigenvalue weighted by Gasteiger charge is -2.26. The third-order valence-corrected chi connectivity index (χ3v) is 5.12. The summed E-state index contributed by atoms with van der Waals surface area (Å²) in [4.78, 5) is 38.5. The average Bonchev–Trinajstić information content (AvgIpc) is 2.98. The summed E-state index contributed by atoms with van der Waals surface area (Å²) in [5.74, 6) is -0.977. The molecule has 24 heavy (non-hydrogen) atoms. The van der Waals surface area contributed by atoms with E-state index in [0.717, 1.165) is 10.4 Å². The number of thiophene rings is 1. The molecule has 8 heteroatoms. The second-order valence-electron chi connectivity index (χ2n) is 6.66. The molecule has 0 spiro atoms. The number of esters is 1. The number of nitrogens with zero attached hydrogens (tertiary/aromatic N) is 1. The molecule has 1 aliphatic rings. The van der Waals surface area contributed by atoms with Gasteiger partial charge in [-0.2, -0.15) is 0 Å². The predicted molar refractivity (Wildman–Crippen MR) is 91.8 cm³/mol. The van der Waals surface area contributed by atoms with E-state index in [1.807, 2.05) is 0 Å². The number of ether oxygens (including phenoxy) is 1. The normalized spacial score (nSPS) is 15.3. The lowest BCUT2D eigenvalue weighted by Crippen LogP contribution is -2.45. The zero-order valence-corrected chi connectivity index (χ0v) is 15.5. The quantitative estimate of drug-likeness (QED) is 0.613. The van der Waals surface area contributed by atoms with E-state index in [1.54, 1.807) is 26.2 Å². The number of primary amides is 1. The Morgan fingerprint density at radius 3 is 2.67 bits per heavy atom. The number of amides is 2. The van der Waals surface area contributed by atoms with Crippen LogP contribution in [0.1, 0.15) is 54.4 Å². The predicted octanol–water partition coefficient (Wildman–Crippen LogP) is 2.42. The second kappa shape index (κ2) is 7.11. The largest absolute Gasteiger partial charge is 0.460 e. The minimum absolute atomic E-state index is 0.0177. The number of hydrogen-bond donors (Lipinski definition) is 1. The fraction of sp³-hybridized carbons (Fsp3) is 0.562. The van der Waals surface area contributed by atoms with Crippen molar-refractivity contribution >= 4 is 40.7 Å². The van der Waals surface area contributed by atoms with E-state index in [-0.39, 0.29) is 18.7 Å². The Kier molecular flexibility index (Phi) is 5.55. The molecule has 2 N–H and O–H groups in total. The third-order valence-electron chi connectivity index (χ3n) is 3.67. The van der Waals surface area contributed by atoms with Crippen molar-refractivity contribution in [2.24, 2.45) is 5.73 Å². The van der Waals surface area contributed by atoms with Gasteiger partial charge in [-0.3, -0.25) is 14.4 Å². The van der Waals surface area contributed by atoms with Crippen LogP contribution in [0, 0.1) is 0 Å². The van der Waals surface area contributed by atoms with Crippen LogP contribution in [-0.2, 0) is 26.8 Å². The van der Waals surface area contributed by atoms with Crippen molar-refractivity contribution in [3.05, 3.63) is 21.4 Å². The number of rotatable bonds is 6. The number of hydrogen-bond acceptors (Lipinski definition) is 5. The Hall–Kier alpha value is -1.60. The maximum atomic E-state index is 12.5. The van der Waals surface area contributed by atoms with E-state index < -0.39 is 23.5 Å². The smallest absolute Gasteiger partial charge is 0.306 e. The van der Waals surface area contributed by atoms with Gasteiger partial charge in [0.15, 0.2) is 0 Å². The van der Waals surface area contributed by atoms with E-state index in [4.69, 9.17) is 22.1 Å². The molecule has 0 fully saturated rings. The first-order valence-electron chi connectivity index (χ1n) is 7.61. The number of fused-ring (bicyclic) bond motifs is 1. The van der Waals surface area contributed by atoms with Gasteiger partial charge in [0.05, 0.1) is 11.4 Å².